The average Bonchev–Trinajstić information content (AvgIpc) is 2.41. The number of hydrogen-bond donors (Lipinski definition) is 2. The van der Waals surface area contributed by atoms with Crippen molar-refractivity contribution in [2.24, 2.45) is 0 Å². The van der Waals surface area contributed by atoms with Crippen LogP contribution < -0.4 is 5.32 Å². The molecule has 0 saturated heterocycles. The van der Waals surface area contributed by atoms with Crippen molar-refractivity contribution >= 4 is 33.4 Å². The molecule has 1 aromatic carbocycles. The van der Waals surface area contributed by atoms with E-state index in [-0.39, 0.29) is 30.4 Å². The first kappa shape index (κ1) is 16.5. The number of phenolic OH excluding ortho intramolecular Hbond substituents is 1. The molecule has 0 fully saturated rings. The number of nitrogens with one attached hydrogen (secondary N) is 1. The van der Waals surface area contributed by atoms with E-state index in [2.05, 4.69) is 21.2 Å². The Morgan fingerprint density at radius 1 is 1.25 bits per heavy atom. The highest BCUT2D eigenvalue weighted by atomic mass is 79.9. The number of hydrogen-bond acceptors (Lipinski definition) is 3. The van der Waals surface area contributed by atoms with E-state index in [4.69, 9.17) is 0 Å². The second-order valence-electron chi connectivity index (χ2n) is 4.28. The third-order valence-corrected chi connectivity index (χ3v) is 3.41. The van der Waals surface area contributed by atoms with Crippen LogP contribution in [0.15, 0.2) is 22.7 Å². The maximum atomic E-state index is 11.8. The number of carbonyl (C=O) groups excluding carboxylic acids is 2. The Bertz CT molecular complexity index is 487. The molecule has 6 heteroatoms. The smallest absolute Gasteiger partial charge is 0.224 e. The van der Waals surface area contributed by atoms with Gasteiger partial charge in [0.05, 0.1) is 5.69 Å². The van der Waals surface area contributed by atoms with Gasteiger partial charge in [0.15, 0.2) is 0 Å². The van der Waals surface area contributed by atoms with Crippen molar-refractivity contribution in [3.05, 3.63) is 22.7 Å². The first-order chi connectivity index (χ1) is 9.47. The summed E-state index contributed by atoms with van der Waals surface area (Å²) in [5.41, 5.74) is 0.341. The molecule has 0 aromatic heterocycles. The fourth-order valence-corrected chi connectivity index (χ4v) is 2.13. The topological polar surface area (TPSA) is 69.6 Å². The van der Waals surface area contributed by atoms with Crippen LogP contribution in [-0.2, 0) is 9.59 Å². The maximum absolute atomic E-state index is 11.8. The molecule has 2 N–H and O–H groups in total. The highest BCUT2D eigenvalue weighted by Gasteiger charge is 2.13. The van der Waals surface area contributed by atoms with E-state index in [0.717, 1.165) is 4.47 Å². The van der Waals surface area contributed by atoms with Gasteiger partial charge in [-0.25, -0.2) is 0 Å². The molecule has 0 saturated carbocycles. The normalized spacial score (nSPS) is 10.2. The minimum atomic E-state index is -0.289. The summed E-state index contributed by atoms with van der Waals surface area (Å²) in [6, 6.07) is 4.82. The first-order valence-electron chi connectivity index (χ1n) is 6.54. The molecular formula is C14H19BrN2O3. The maximum Gasteiger partial charge on any atom is 0.224 e. The number of halogens is 1. The molecule has 5 nitrogen and oxygen atoms in total. The van der Waals surface area contributed by atoms with Crippen molar-refractivity contribution in [1.82, 2.24) is 4.90 Å². The fraction of sp³-hybridized carbons (Fsp3) is 0.429. The third kappa shape index (κ3) is 4.85. The standard InChI is InChI=1S/C14H19BrN2O3/c1-3-17(4-2)14(20)8-7-13(19)16-11-6-5-10(15)9-12(11)18/h5-6,9,18H,3-4,7-8H2,1-2H3,(H,16,19). The Labute approximate surface area is 127 Å². The predicted octanol–water partition coefficient (Wildman–Crippen LogP) is 2.74. The summed E-state index contributed by atoms with van der Waals surface area (Å²) in [6.07, 6.45) is 0.273. The lowest BCUT2D eigenvalue weighted by atomic mass is 10.2. The van der Waals surface area contributed by atoms with Gasteiger partial charge >= 0.3 is 0 Å². The van der Waals surface area contributed by atoms with Crippen LogP contribution in [0, 0.1) is 0 Å². The number of carbonyl (C=O) groups is 2. The zero-order valence-electron chi connectivity index (χ0n) is 11.6. The summed E-state index contributed by atoms with van der Waals surface area (Å²) in [5.74, 6) is -0.337. The van der Waals surface area contributed by atoms with Gasteiger partial charge in [-0.2, -0.15) is 0 Å². The second-order valence-corrected chi connectivity index (χ2v) is 5.19. The minimum Gasteiger partial charge on any atom is -0.506 e. The number of aromatic hydroxyl groups is 1. The summed E-state index contributed by atoms with van der Waals surface area (Å²) < 4.78 is 0.727. The lowest BCUT2D eigenvalue weighted by Gasteiger charge is -2.18. The SMILES string of the molecule is CCN(CC)C(=O)CCC(=O)Nc1ccc(Br)cc1O. The van der Waals surface area contributed by atoms with E-state index < -0.39 is 0 Å². The number of phenols is 1. The molecule has 1 aromatic rings. The summed E-state index contributed by atoms with van der Waals surface area (Å²) in [4.78, 5) is 25.2. The number of nitrogens with zero attached hydrogens (tertiary/aromatic N) is 1. The molecule has 0 unspecified atom stereocenters. The van der Waals surface area contributed by atoms with Gasteiger partial charge in [0.25, 0.3) is 0 Å². The third-order valence-electron chi connectivity index (χ3n) is 2.92. The van der Waals surface area contributed by atoms with Gasteiger partial charge in [0.2, 0.25) is 11.8 Å². The number of rotatable bonds is 6. The first-order valence-corrected chi connectivity index (χ1v) is 7.33. The van der Waals surface area contributed by atoms with Gasteiger partial charge in [-0.3, -0.25) is 9.59 Å². The highest BCUT2D eigenvalue weighted by Crippen LogP contribution is 2.26. The Kier molecular flexibility index (Phi) is 6.51. The van der Waals surface area contributed by atoms with Crippen LogP contribution in [0.4, 0.5) is 5.69 Å². The van der Waals surface area contributed by atoms with E-state index in [1.54, 1.807) is 17.0 Å². The van der Waals surface area contributed by atoms with Crippen molar-refractivity contribution in [2.45, 2.75) is 26.7 Å². The summed E-state index contributed by atoms with van der Waals surface area (Å²) in [6.45, 7) is 5.09. The van der Waals surface area contributed by atoms with Crippen LogP contribution in [-0.4, -0.2) is 34.9 Å². The Hall–Kier alpha value is -1.56. The van der Waals surface area contributed by atoms with Crippen LogP contribution in [0.25, 0.3) is 0 Å². The second kappa shape index (κ2) is 7.89. The van der Waals surface area contributed by atoms with Gasteiger partial charge in [0, 0.05) is 30.4 Å². The molecule has 2 amide bonds. The largest absolute Gasteiger partial charge is 0.506 e. The minimum absolute atomic E-state index is 0.0113. The fourth-order valence-electron chi connectivity index (χ4n) is 1.78. The molecule has 0 aliphatic rings. The molecule has 0 spiro atoms. The Morgan fingerprint density at radius 2 is 1.90 bits per heavy atom. The lowest BCUT2D eigenvalue weighted by molar-refractivity contribution is -0.132. The molecule has 1 rings (SSSR count). The zero-order chi connectivity index (χ0) is 15.1. The van der Waals surface area contributed by atoms with Gasteiger partial charge in [-0.1, -0.05) is 15.9 Å². The molecular weight excluding hydrogens is 324 g/mol. The van der Waals surface area contributed by atoms with Crippen molar-refractivity contribution in [3.63, 3.8) is 0 Å². The van der Waals surface area contributed by atoms with E-state index in [9.17, 15) is 14.7 Å². The van der Waals surface area contributed by atoms with Crippen LogP contribution in [0.2, 0.25) is 0 Å². The number of anilines is 1. The van der Waals surface area contributed by atoms with Gasteiger partial charge < -0.3 is 15.3 Å². The van der Waals surface area contributed by atoms with E-state index in [1.807, 2.05) is 13.8 Å². The molecule has 0 radical (unpaired) electrons. The number of amides is 2. The lowest BCUT2D eigenvalue weighted by Crippen LogP contribution is -2.31. The summed E-state index contributed by atoms with van der Waals surface area (Å²) >= 11 is 3.22. The van der Waals surface area contributed by atoms with Crippen LogP contribution in [0.1, 0.15) is 26.7 Å². The van der Waals surface area contributed by atoms with Crippen LogP contribution in [0.5, 0.6) is 5.75 Å². The molecule has 0 aliphatic heterocycles. The molecule has 0 bridgehead atoms. The highest BCUT2D eigenvalue weighted by molar-refractivity contribution is 9.10. The Morgan fingerprint density at radius 3 is 2.45 bits per heavy atom. The predicted molar refractivity (Wildman–Crippen MR) is 81.6 cm³/mol. The molecule has 0 aliphatic carbocycles. The van der Waals surface area contributed by atoms with E-state index in [1.165, 1.54) is 6.07 Å². The quantitative estimate of drug-likeness (QED) is 0.781. The van der Waals surface area contributed by atoms with E-state index in [0.29, 0.717) is 18.8 Å². The van der Waals surface area contributed by atoms with Crippen molar-refractivity contribution in [2.75, 3.05) is 18.4 Å². The van der Waals surface area contributed by atoms with E-state index >= 15 is 0 Å². The molecule has 20 heavy (non-hydrogen) atoms. The van der Waals surface area contributed by atoms with Gasteiger partial charge in [-0.05, 0) is 32.0 Å². The number of benzene rings is 1. The van der Waals surface area contributed by atoms with Gasteiger partial charge in [0.1, 0.15) is 5.75 Å². The molecule has 110 valence electrons. The van der Waals surface area contributed by atoms with Crippen LogP contribution >= 0.6 is 15.9 Å². The molecule has 0 atom stereocenters. The van der Waals surface area contributed by atoms with Crippen molar-refractivity contribution in [3.8, 4) is 5.75 Å². The Balaban J connectivity index is 2.50. The van der Waals surface area contributed by atoms with Crippen molar-refractivity contribution < 1.29 is 14.7 Å². The monoisotopic (exact) mass is 342 g/mol. The summed E-state index contributed by atoms with van der Waals surface area (Å²) in [5, 5.41) is 12.2. The zero-order valence-corrected chi connectivity index (χ0v) is 13.2. The van der Waals surface area contributed by atoms with Crippen molar-refractivity contribution in [1.29, 1.82) is 0 Å². The van der Waals surface area contributed by atoms with Crippen LogP contribution in [0.3, 0.4) is 0 Å². The van der Waals surface area contributed by atoms with Gasteiger partial charge in [-0.15, -0.1) is 0 Å². The average molecular weight is 343 g/mol. The molecule has 0 heterocycles. The summed E-state index contributed by atoms with van der Waals surface area (Å²) in [7, 11) is 0.